The summed E-state index contributed by atoms with van der Waals surface area (Å²) in [6.07, 6.45) is 0.800. The van der Waals surface area contributed by atoms with Crippen molar-refractivity contribution in [2.75, 3.05) is 21.0 Å². The number of nitrogens with one attached hydrogen (secondary N) is 1. The Bertz CT molecular complexity index is 1250. The fourth-order valence-electron chi connectivity index (χ4n) is 5.55. The van der Waals surface area contributed by atoms with Gasteiger partial charge < -0.3 is 24.1 Å². The summed E-state index contributed by atoms with van der Waals surface area (Å²) in [6.45, 7) is 0.237. The van der Waals surface area contributed by atoms with Crippen molar-refractivity contribution >= 4 is 22.8 Å². The number of rotatable bonds is 2. The fraction of sp³-hybridized carbons (Fsp3) is 0.360. The van der Waals surface area contributed by atoms with E-state index >= 15 is 0 Å². The average molecular weight is 432 g/mol. The number of methoxy groups -OCH3 is 1. The number of hydrogen-bond acceptors (Lipinski definition) is 5. The molecule has 0 spiro atoms. The molecule has 0 saturated heterocycles. The van der Waals surface area contributed by atoms with Crippen LogP contribution in [0, 0.1) is 5.92 Å². The number of aromatic amines is 1. The Morgan fingerprint density at radius 3 is 2.75 bits per heavy atom. The summed E-state index contributed by atoms with van der Waals surface area (Å²) in [5, 5.41) is 1.09. The molecule has 0 radical (unpaired) electrons. The molecular formula is C25H24N2O5. The Morgan fingerprint density at radius 2 is 1.91 bits per heavy atom. The molecule has 3 aromatic rings. The van der Waals surface area contributed by atoms with E-state index in [1.54, 1.807) is 11.9 Å². The van der Waals surface area contributed by atoms with Gasteiger partial charge >= 0.3 is 5.97 Å². The van der Waals surface area contributed by atoms with Gasteiger partial charge in [-0.1, -0.05) is 24.3 Å². The first-order valence-corrected chi connectivity index (χ1v) is 10.9. The molecule has 7 heteroatoms. The minimum absolute atomic E-state index is 0.0342. The molecular weight excluding hydrogens is 408 g/mol. The molecule has 1 N–H and O–H groups in total. The van der Waals surface area contributed by atoms with Crippen molar-refractivity contribution in [3.05, 3.63) is 59.3 Å². The molecule has 1 amide bonds. The number of esters is 1. The first-order chi connectivity index (χ1) is 15.6. The molecule has 164 valence electrons. The number of hydrogen-bond donors (Lipinski definition) is 1. The number of benzene rings is 2. The van der Waals surface area contributed by atoms with Gasteiger partial charge in [0.1, 0.15) is 6.04 Å². The molecule has 2 aromatic carbocycles. The number of carbonyl (C=O) groups excluding carboxylic acids is 2. The third kappa shape index (κ3) is 2.80. The molecule has 1 aromatic heterocycles. The van der Waals surface area contributed by atoms with Crippen molar-refractivity contribution in [1.29, 1.82) is 0 Å². The Labute approximate surface area is 185 Å². The van der Waals surface area contributed by atoms with E-state index in [0.717, 1.165) is 39.2 Å². The van der Waals surface area contributed by atoms with E-state index in [-0.39, 0.29) is 36.4 Å². The Kier molecular flexibility index (Phi) is 4.22. The van der Waals surface area contributed by atoms with E-state index in [9.17, 15) is 9.59 Å². The molecule has 1 saturated carbocycles. The van der Waals surface area contributed by atoms with Crippen LogP contribution in [0.2, 0.25) is 0 Å². The van der Waals surface area contributed by atoms with Crippen LogP contribution >= 0.6 is 0 Å². The maximum atomic E-state index is 13.2. The summed E-state index contributed by atoms with van der Waals surface area (Å²) < 4.78 is 16.1. The van der Waals surface area contributed by atoms with Crippen LogP contribution in [0.4, 0.5) is 0 Å². The van der Waals surface area contributed by atoms with Crippen LogP contribution in [0.1, 0.15) is 35.1 Å². The van der Waals surface area contributed by atoms with Gasteiger partial charge in [0.05, 0.1) is 7.11 Å². The first-order valence-electron chi connectivity index (χ1n) is 10.9. The normalized spacial score (nSPS) is 26.1. The van der Waals surface area contributed by atoms with E-state index in [1.165, 1.54) is 7.11 Å². The Hall–Kier alpha value is -3.48. The third-order valence-corrected chi connectivity index (χ3v) is 7.27. The molecule has 7 nitrogen and oxygen atoms in total. The second kappa shape index (κ2) is 7.02. The second-order valence-corrected chi connectivity index (χ2v) is 8.84. The lowest BCUT2D eigenvalue weighted by atomic mass is 9.98. The zero-order valence-corrected chi connectivity index (χ0v) is 18.0. The third-order valence-electron chi connectivity index (χ3n) is 7.27. The van der Waals surface area contributed by atoms with Gasteiger partial charge in [-0.05, 0) is 41.2 Å². The van der Waals surface area contributed by atoms with Gasteiger partial charge in [0.2, 0.25) is 12.7 Å². The van der Waals surface area contributed by atoms with Crippen molar-refractivity contribution in [1.82, 2.24) is 9.88 Å². The fourth-order valence-corrected chi connectivity index (χ4v) is 5.55. The van der Waals surface area contributed by atoms with E-state index in [2.05, 4.69) is 23.2 Å². The molecule has 4 unspecified atom stereocenters. The van der Waals surface area contributed by atoms with Gasteiger partial charge in [0.15, 0.2) is 11.5 Å². The van der Waals surface area contributed by atoms with Crippen LogP contribution in [-0.4, -0.2) is 48.8 Å². The second-order valence-electron chi connectivity index (χ2n) is 8.84. The summed E-state index contributed by atoms with van der Waals surface area (Å²) in [4.78, 5) is 30.9. The Morgan fingerprint density at radius 1 is 1.09 bits per heavy atom. The SMILES string of the molecule is COC(=O)C1Cc2c([nH]c3ccccc23)C2C(CC(=O)N1C)C2c1ccc2c(c1)OCO2. The molecule has 2 aliphatic heterocycles. The maximum Gasteiger partial charge on any atom is 0.328 e. The molecule has 3 heterocycles. The highest BCUT2D eigenvalue weighted by Gasteiger charge is 2.55. The largest absolute Gasteiger partial charge is 0.467 e. The molecule has 0 bridgehead atoms. The van der Waals surface area contributed by atoms with Crippen molar-refractivity contribution < 1.29 is 23.8 Å². The monoisotopic (exact) mass is 432 g/mol. The summed E-state index contributed by atoms with van der Waals surface area (Å²) in [5.74, 6) is 1.60. The smallest absolute Gasteiger partial charge is 0.328 e. The van der Waals surface area contributed by atoms with Crippen molar-refractivity contribution in [3.63, 3.8) is 0 Å². The number of aromatic nitrogens is 1. The van der Waals surface area contributed by atoms with Gasteiger partial charge in [-0.25, -0.2) is 4.79 Å². The van der Waals surface area contributed by atoms with Crippen LogP contribution in [0.15, 0.2) is 42.5 Å². The van der Waals surface area contributed by atoms with Gasteiger partial charge in [-0.2, -0.15) is 0 Å². The number of ether oxygens (including phenoxy) is 3. The summed E-state index contributed by atoms with van der Waals surface area (Å²) in [6, 6.07) is 13.6. The van der Waals surface area contributed by atoms with Crippen LogP contribution in [-0.2, 0) is 20.7 Å². The number of nitrogens with zero attached hydrogens (tertiary/aromatic N) is 1. The van der Waals surface area contributed by atoms with Gasteiger partial charge in [0.25, 0.3) is 0 Å². The molecule has 1 fully saturated rings. The number of amides is 1. The van der Waals surface area contributed by atoms with Crippen LogP contribution in [0.25, 0.3) is 10.9 Å². The van der Waals surface area contributed by atoms with E-state index < -0.39 is 6.04 Å². The van der Waals surface area contributed by atoms with Crippen molar-refractivity contribution in [2.24, 2.45) is 5.92 Å². The van der Waals surface area contributed by atoms with E-state index in [0.29, 0.717) is 12.8 Å². The summed E-state index contributed by atoms with van der Waals surface area (Å²) in [5.41, 5.74) is 4.41. The van der Waals surface area contributed by atoms with Gasteiger partial charge in [-0.15, -0.1) is 0 Å². The zero-order chi connectivity index (χ0) is 22.0. The van der Waals surface area contributed by atoms with Crippen molar-refractivity contribution in [3.8, 4) is 11.5 Å². The summed E-state index contributed by atoms with van der Waals surface area (Å²) in [7, 11) is 3.08. The molecule has 1 aliphatic carbocycles. The predicted octanol–water partition coefficient (Wildman–Crippen LogP) is 3.34. The Balaban J connectivity index is 1.48. The van der Waals surface area contributed by atoms with Crippen LogP contribution in [0.3, 0.4) is 0 Å². The topological polar surface area (TPSA) is 80.9 Å². The number of H-pyrrole nitrogens is 1. The molecule has 32 heavy (non-hydrogen) atoms. The predicted molar refractivity (Wildman–Crippen MR) is 117 cm³/mol. The van der Waals surface area contributed by atoms with Gasteiger partial charge in [-0.3, -0.25) is 4.79 Å². The molecule has 6 rings (SSSR count). The quantitative estimate of drug-likeness (QED) is 0.629. The highest BCUT2D eigenvalue weighted by atomic mass is 16.7. The number of fused-ring (bicyclic) bond motifs is 6. The lowest BCUT2D eigenvalue weighted by Crippen LogP contribution is -2.44. The highest BCUT2D eigenvalue weighted by molar-refractivity contribution is 5.89. The number of likely N-dealkylation sites (N-methyl/N-ethyl adjacent to an activating group) is 1. The average Bonchev–Trinajstić information content (AvgIpc) is 3.14. The molecule has 3 aliphatic rings. The highest BCUT2D eigenvalue weighted by Crippen LogP contribution is 2.64. The molecule has 4 atom stereocenters. The number of carbonyl (C=O) groups is 2. The van der Waals surface area contributed by atoms with Crippen LogP contribution in [0.5, 0.6) is 11.5 Å². The summed E-state index contributed by atoms with van der Waals surface area (Å²) >= 11 is 0. The van der Waals surface area contributed by atoms with Gasteiger partial charge in [0, 0.05) is 42.4 Å². The number of para-hydroxylation sites is 1. The maximum absolute atomic E-state index is 13.2. The first kappa shape index (κ1) is 19.2. The van der Waals surface area contributed by atoms with Crippen molar-refractivity contribution in [2.45, 2.75) is 30.7 Å². The van der Waals surface area contributed by atoms with E-state index in [4.69, 9.17) is 14.2 Å². The minimum Gasteiger partial charge on any atom is -0.467 e. The van der Waals surface area contributed by atoms with E-state index in [1.807, 2.05) is 24.3 Å². The lowest BCUT2D eigenvalue weighted by Gasteiger charge is -2.26. The van der Waals surface area contributed by atoms with Crippen LogP contribution < -0.4 is 9.47 Å². The standard InChI is InChI=1S/C25H24N2O5/c1-27-18(25(29)30-2)10-15-14-5-3-4-6-17(14)26-24(15)23-16(11-21(27)28)22(23)13-7-8-19-20(9-13)32-12-31-19/h3-9,16,18,22-23,26H,10-12H2,1-2H3. The zero-order valence-electron chi connectivity index (χ0n) is 18.0. The lowest BCUT2D eigenvalue weighted by molar-refractivity contribution is -0.151. The minimum atomic E-state index is -0.646.